The summed E-state index contributed by atoms with van der Waals surface area (Å²) in [5.41, 5.74) is 1.01. The molecule has 2 rings (SSSR count). The van der Waals surface area contributed by atoms with E-state index in [1.807, 2.05) is 44.2 Å². The minimum atomic E-state index is -1.16. The molecule has 2 amide bonds. The van der Waals surface area contributed by atoms with Gasteiger partial charge in [0.15, 0.2) is 0 Å². The number of ether oxygens (including phenoxy) is 1. The van der Waals surface area contributed by atoms with Crippen molar-refractivity contribution in [1.82, 2.24) is 10.2 Å². The van der Waals surface area contributed by atoms with Gasteiger partial charge in [0.05, 0.1) is 12.5 Å². The van der Waals surface area contributed by atoms with Crippen LogP contribution in [-0.2, 0) is 20.9 Å². The van der Waals surface area contributed by atoms with Gasteiger partial charge in [-0.15, -0.1) is 0 Å². The van der Waals surface area contributed by atoms with E-state index in [1.165, 1.54) is 0 Å². The third-order valence-corrected chi connectivity index (χ3v) is 5.36. The normalized spacial score (nSPS) is 24.4. The molecule has 0 spiro atoms. The van der Waals surface area contributed by atoms with Gasteiger partial charge in [-0.3, -0.25) is 9.59 Å². The zero-order valence-electron chi connectivity index (χ0n) is 16.9. The lowest BCUT2D eigenvalue weighted by atomic mass is 10.0. The first-order chi connectivity index (χ1) is 13.4. The minimum Gasteiger partial charge on any atom is -0.388 e. The zero-order valence-corrected chi connectivity index (χ0v) is 16.9. The van der Waals surface area contributed by atoms with Crippen molar-refractivity contribution in [2.75, 3.05) is 13.6 Å². The molecule has 0 saturated carbocycles. The molecule has 0 bridgehead atoms. The van der Waals surface area contributed by atoms with Crippen molar-refractivity contribution in [3.8, 4) is 0 Å². The summed E-state index contributed by atoms with van der Waals surface area (Å²) < 4.78 is 5.69. The molecule has 0 aliphatic carbocycles. The summed E-state index contributed by atoms with van der Waals surface area (Å²) in [5.74, 6) is -0.341. The van der Waals surface area contributed by atoms with E-state index in [2.05, 4.69) is 5.32 Å². The summed E-state index contributed by atoms with van der Waals surface area (Å²) >= 11 is 0. The molecule has 1 heterocycles. The number of hydrogen-bond acceptors (Lipinski definition) is 5. The molecule has 7 heteroatoms. The Balaban J connectivity index is 1.85. The van der Waals surface area contributed by atoms with Gasteiger partial charge < -0.3 is 25.2 Å². The summed E-state index contributed by atoms with van der Waals surface area (Å²) in [6.07, 6.45) is -2.38. The predicted molar refractivity (Wildman–Crippen MR) is 105 cm³/mol. The Kier molecular flexibility index (Phi) is 8.41. The van der Waals surface area contributed by atoms with Crippen LogP contribution in [0.15, 0.2) is 30.3 Å². The molecular weight excluding hydrogens is 360 g/mol. The maximum absolute atomic E-state index is 12.5. The fourth-order valence-electron chi connectivity index (χ4n) is 3.44. The lowest BCUT2D eigenvalue weighted by Crippen LogP contribution is -2.41. The number of aliphatic hydroxyl groups is 2. The number of carbonyl (C=O) groups excluding carboxylic acids is 2. The van der Waals surface area contributed by atoms with E-state index in [9.17, 15) is 19.8 Å². The number of aliphatic hydroxyl groups excluding tert-OH is 2. The van der Waals surface area contributed by atoms with Crippen molar-refractivity contribution in [2.45, 2.75) is 64.1 Å². The topological polar surface area (TPSA) is 99.1 Å². The quantitative estimate of drug-likeness (QED) is 0.584. The van der Waals surface area contributed by atoms with Crippen molar-refractivity contribution < 1.29 is 24.5 Å². The van der Waals surface area contributed by atoms with Gasteiger partial charge in [0, 0.05) is 26.1 Å². The second-order valence-corrected chi connectivity index (χ2v) is 7.39. The summed E-state index contributed by atoms with van der Waals surface area (Å²) in [6, 6.07) is 9.61. The maximum atomic E-state index is 12.5. The standard InChI is InChI=1S/C21H32N2O5/c1-4-15(5-2)21(27)22-12-17-20(26)19(25)16(28-17)11-18(24)23(3)13-14-9-7-6-8-10-14/h6-10,15-17,19-20,25-26H,4-5,11-13H2,1-3H3,(H,22,27)/t16-,17+,19-,20+/m0/s1. The molecule has 156 valence electrons. The van der Waals surface area contributed by atoms with Gasteiger partial charge in [-0.2, -0.15) is 0 Å². The van der Waals surface area contributed by atoms with Gasteiger partial charge in [-0.1, -0.05) is 44.2 Å². The van der Waals surface area contributed by atoms with Crippen LogP contribution < -0.4 is 5.32 Å². The number of benzene rings is 1. The van der Waals surface area contributed by atoms with E-state index >= 15 is 0 Å². The van der Waals surface area contributed by atoms with Crippen LogP contribution in [0.5, 0.6) is 0 Å². The van der Waals surface area contributed by atoms with Gasteiger partial charge in [-0.25, -0.2) is 0 Å². The first kappa shape index (κ1) is 22.3. The number of hydrogen-bond donors (Lipinski definition) is 3. The molecule has 1 aromatic rings. The monoisotopic (exact) mass is 392 g/mol. The fraction of sp³-hybridized carbons (Fsp3) is 0.619. The number of nitrogens with one attached hydrogen (secondary N) is 1. The summed E-state index contributed by atoms with van der Waals surface area (Å²) in [6.45, 7) is 4.47. The van der Waals surface area contributed by atoms with Crippen molar-refractivity contribution >= 4 is 11.8 Å². The second kappa shape index (κ2) is 10.5. The third-order valence-electron chi connectivity index (χ3n) is 5.36. The molecule has 1 aromatic carbocycles. The smallest absolute Gasteiger partial charge is 0.225 e. The van der Waals surface area contributed by atoms with Gasteiger partial charge in [-0.05, 0) is 18.4 Å². The second-order valence-electron chi connectivity index (χ2n) is 7.39. The van der Waals surface area contributed by atoms with E-state index in [0.29, 0.717) is 6.54 Å². The molecule has 0 radical (unpaired) electrons. The van der Waals surface area contributed by atoms with Gasteiger partial charge in [0.25, 0.3) is 0 Å². The number of amides is 2. The highest BCUT2D eigenvalue weighted by molar-refractivity contribution is 5.78. The SMILES string of the molecule is CCC(CC)C(=O)NC[C@H]1O[C@@H](CC(=O)N(C)Cc2ccccc2)[C@H](O)[C@@H]1O. The van der Waals surface area contributed by atoms with Gasteiger partial charge >= 0.3 is 0 Å². The lowest BCUT2D eigenvalue weighted by molar-refractivity contribution is -0.135. The summed E-state index contributed by atoms with van der Waals surface area (Å²) in [5, 5.41) is 23.3. The highest BCUT2D eigenvalue weighted by Crippen LogP contribution is 2.24. The predicted octanol–water partition coefficient (Wildman–Crippen LogP) is 1.08. The Labute approximate surface area is 166 Å². The van der Waals surface area contributed by atoms with E-state index in [0.717, 1.165) is 18.4 Å². The van der Waals surface area contributed by atoms with Crippen LogP contribution in [0.25, 0.3) is 0 Å². The lowest BCUT2D eigenvalue weighted by Gasteiger charge is -2.21. The first-order valence-corrected chi connectivity index (χ1v) is 9.94. The van der Waals surface area contributed by atoms with Crippen LogP contribution in [-0.4, -0.2) is 64.9 Å². The molecule has 28 heavy (non-hydrogen) atoms. The molecule has 1 aliphatic heterocycles. The number of carbonyl (C=O) groups is 2. The molecule has 1 saturated heterocycles. The molecule has 0 aromatic heterocycles. The molecular formula is C21H32N2O5. The average molecular weight is 392 g/mol. The Morgan fingerprint density at radius 1 is 1.11 bits per heavy atom. The van der Waals surface area contributed by atoms with Crippen molar-refractivity contribution in [2.24, 2.45) is 5.92 Å². The highest BCUT2D eigenvalue weighted by atomic mass is 16.5. The maximum Gasteiger partial charge on any atom is 0.225 e. The van der Waals surface area contributed by atoms with Crippen LogP contribution in [0, 0.1) is 5.92 Å². The Morgan fingerprint density at radius 2 is 1.71 bits per heavy atom. The molecule has 4 atom stereocenters. The first-order valence-electron chi connectivity index (χ1n) is 9.94. The largest absolute Gasteiger partial charge is 0.388 e. The molecule has 0 unspecified atom stereocenters. The van der Waals surface area contributed by atoms with Crippen LogP contribution in [0.4, 0.5) is 0 Å². The van der Waals surface area contributed by atoms with Crippen LogP contribution in [0.1, 0.15) is 38.7 Å². The van der Waals surface area contributed by atoms with Crippen molar-refractivity contribution in [3.05, 3.63) is 35.9 Å². The van der Waals surface area contributed by atoms with E-state index in [4.69, 9.17) is 4.74 Å². The molecule has 1 fully saturated rings. The van der Waals surface area contributed by atoms with E-state index in [1.54, 1.807) is 11.9 Å². The molecule has 1 aliphatic rings. The number of rotatable bonds is 9. The highest BCUT2D eigenvalue weighted by Gasteiger charge is 2.43. The van der Waals surface area contributed by atoms with Crippen LogP contribution in [0.2, 0.25) is 0 Å². The Bertz CT molecular complexity index is 635. The third kappa shape index (κ3) is 5.77. The molecule has 3 N–H and O–H groups in total. The van der Waals surface area contributed by atoms with Gasteiger partial charge in [0.1, 0.15) is 18.3 Å². The van der Waals surface area contributed by atoms with E-state index < -0.39 is 24.4 Å². The van der Waals surface area contributed by atoms with E-state index in [-0.39, 0.29) is 30.7 Å². The summed E-state index contributed by atoms with van der Waals surface area (Å²) in [4.78, 5) is 26.1. The fourth-order valence-corrected chi connectivity index (χ4v) is 3.44. The average Bonchev–Trinajstić information content (AvgIpc) is 2.96. The van der Waals surface area contributed by atoms with Gasteiger partial charge in [0.2, 0.25) is 11.8 Å². The van der Waals surface area contributed by atoms with Crippen molar-refractivity contribution in [3.63, 3.8) is 0 Å². The Hall–Kier alpha value is -1.96. The number of nitrogens with zero attached hydrogens (tertiary/aromatic N) is 1. The van der Waals surface area contributed by atoms with Crippen LogP contribution in [0.3, 0.4) is 0 Å². The minimum absolute atomic E-state index is 0.0292. The van der Waals surface area contributed by atoms with Crippen molar-refractivity contribution in [1.29, 1.82) is 0 Å². The summed E-state index contributed by atoms with van der Waals surface area (Å²) in [7, 11) is 1.69. The zero-order chi connectivity index (χ0) is 20.7. The van der Waals surface area contributed by atoms with Crippen LogP contribution >= 0.6 is 0 Å². The Morgan fingerprint density at radius 3 is 2.32 bits per heavy atom. The molecule has 7 nitrogen and oxygen atoms in total.